The Morgan fingerprint density at radius 3 is 2.48 bits per heavy atom. The van der Waals surface area contributed by atoms with Gasteiger partial charge in [0.05, 0.1) is 10.9 Å². The fourth-order valence-electron chi connectivity index (χ4n) is 2.44. The molecule has 4 nitrogen and oxygen atoms in total. The highest BCUT2D eigenvalue weighted by Crippen LogP contribution is 2.27. The van der Waals surface area contributed by atoms with Crippen LogP contribution in [-0.2, 0) is 10.0 Å². The van der Waals surface area contributed by atoms with Gasteiger partial charge in [0, 0.05) is 6.04 Å². The van der Waals surface area contributed by atoms with E-state index in [1.807, 2.05) is 0 Å². The van der Waals surface area contributed by atoms with E-state index in [9.17, 15) is 13.5 Å². The highest BCUT2D eigenvalue weighted by Gasteiger charge is 2.27. The second-order valence-corrected chi connectivity index (χ2v) is 9.30. The molecule has 0 radical (unpaired) electrons. The summed E-state index contributed by atoms with van der Waals surface area (Å²) in [4.78, 5) is 0. The fourth-order valence-corrected chi connectivity index (χ4v) is 5.24. The molecule has 1 rings (SSSR count). The lowest BCUT2D eigenvalue weighted by atomic mass is 9.87. The first-order chi connectivity index (χ1) is 9.80. The smallest absolute Gasteiger partial charge is 0.250 e. The lowest BCUT2D eigenvalue weighted by Crippen LogP contribution is -2.43. The first-order valence-electron chi connectivity index (χ1n) is 7.18. The first kappa shape index (κ1) is 18.9. The highest BCUT2D eigenvalue weighted by molar-refractivity contribution is 7.91. The van der Waals surface area contributed by atoms with Gasteiger partial charge in [-0.05, 0) is 36.8 Å². The molecule has 7 heteroatoms. The van der Waals surface area contributed by atoms with E-state index in [0.717, 1.165) is 30.6 Å². The summed E-state index contributed by atoms with van der Waals surface area (Å²) in [5.41, 5.74) is 0. The van der Waals surface area contributed by atoms with Crippen molar-refractivity contribution in [2.45, 2.75) is 50.3 Å². The van der Waals surface area contributed by atoms with Gasteiger partial charge in [-0.1, -0.05) is 38.8 Å². The molecule has 0 fully saturated rings. The van der Waals surface area contributed by atoms with Crippen molar-refractivity contribution in [3.8, 4) is 0 Å². The molecule has 0 saturated heterocycles. The summed E-state index contributed by atoms with van der Waals surface area (Å²) in [7, 11) is -3.63. The average Bonchev–Trinajstić information content (AvgIpc) is 2.82. The molecular formula is C14H24ClNO3S2. The lowest BCUT2D eigenvalue weighted by molar-refractivity contribution is 0.193. The van der Waals surface area contributed by atoms with Crippen molar-refractivity contribution in [1.29, 1.82) is 0 Å². The predicted molar refractivity (Wildman–Crippen MR) is 88.4 cm³/mol. The Labute approximate surface area is 136 Å². The van der Waals surface area contributed by atoms with Crippen LogP contribution in [0.3, 0.4) is 0 Å². The van der Waals surface area contributed by atoms with E-state index < -0.39 is 16.1 Å². The Morgan fingerprint density at radius 2 is 2.05 bits per heavy atom. The van der Waals surface area contributed by atoms with E-state index in [1.54, 1.807) is 6.07 Å². The molecule has 2 N–H and O–H groups in total. The molecule has 21 heavy (non-hydrogen) atoms. The van der Waals surface area contributed by atoms with Crippen molar-refractivity contribution in [3.63, 3.8) is 0 Å². The number of thiophene rings is 1. The fraction of sp³-hybridized carbons (Fsp3) is 0.714. The summed E-state index contributed by atoms with van der Waals surface area (Å²) in [5.74, 6) is 0.585. The monoisotopic (exact) mass is 353 g/mol. The van der Waals surface area contributed by atoms with Crippen LogP contribution >= 0.6 is 22.9 Å². The van der Waals surface area contributed by atoms with Crippen LogP contribution in [0.15, 0.2) is 16.3 Å². The zero-order chi connectivity index (χ0) is 16.0. The molecule has 1 aromatic rings. The average molecular weight is 354 g/mol. The van der Waals surface area contributed by atoms with Gasteiger partial charge in [0.15, 0.2) is 0 Å². The molecule has 0 aliphatic rings. The summed E-state index contributed by atoms with van der Waals surface area (Å²) in [6.07, 6.45) is 2.73. The first-order valence-corrected chi connectivity index (χ1v) is 9.86. The molecule has 1 aromatic heterocycles. The number of hydrogen-bond donors (Lipinski definition) is 2. The largest absolute Gasteiger partial charge is 0.395 e. The number of sulfonamides is 1. The van der Waals surface area contributed by atoms with E-state index in [0.29, 0.717) is 10.3 Å². The molecule has 122 valence electrons. The van der Waals surface area contributed by atoms with E-state index in [1.165, 1.54) is 6.07 Å². The second-order valence-electron chi connectivity index (χ2n) is 5.65. The number of hydrogen-bond acceptors (Lipinski definition) is 4. The molecular weight excluding hydrogens is 330 g/mol. The van der Waals surface area contributed by atoms with Gasteiger partial charge < -0.3 is 5.11 Å². The van der Waals surface area contributed by atoms with Crippen molar-refractivity contribution in [3.05, 3.63) is 16.5 Å². The number of nitrogens with one attached hydrogen (secondary N) is 1. The third kappa shape index (κ3) is 5.87. The topological polar surface area (TPSA) is 66.4 Å². The van der Waals surface area contributed by atoms with E-state index in [-0.39, 0.29) is 16.7 Å². The van der Waals surface area contributed by atoms with Crippen LogP contribution in [0.25, 0.3) is 0 Å². The number of aliphatic hydroxyl groups excluding tert-OH is 1. The maximum atomic E-state index is 12.3. The molecule has 0 amide bonds. The third-order valence-electron chi connectivity index (χ3n) is 3.32. The van der Waals surface area contributed by atoms with Crippen molar-refractivity contribution in [2.75, 3.05) is 6.61 Å². The minimum atomic E-state index is -3.63. The standard InChI is InChI=1S/C14H24ClNO3S2/c1-4-5-11(8-10(2)3)12(9-17)16-21(18,19)14-7-6-13(15)20-14/h6-7,10-12,16-17H,4-5,8-9H2,1-3H3/t11-,12-/m0/s1. The van der Waals surface area contributed by atoms with Crippen LogP contribution in [0.5, 0.6) is 0 Å². The molecule has 0 saturated carbocycles. The zero-order valence-electron chi connectivity index (χ0n) is 12.7. The molecule has 0 bridgehead atoms. The van der Waals surface area contributed by atoms with E-state index in [2.05, 4.69) is 25.5 Å². The summed E-state index contributed by atoms with van der Waals surface area (Å²) < 4.78 is 27.9. The Balaban J connectivity index is 2.88. The number of halogens is 1. The minimum absolute atomic E-state index is 0.130. The molecule has 0 aromatic carbocycles. The normalized spacial score (nSPS) is 15.3. The maximum Gasteiger partial charge on any atom is 0.250 e. The van der Waals surface area contributed by atoms with Crippen LogP contribution < -0.4 is 4.72 Å². The summed E-state index contributed by atoms with van der Waals surface area (Å²) in [6, 6.07) is 2.59. The van der Waals surface area contributed by atoms with Gasteiger partial charge in [0.1, 0.15) is 4.21 Å². The van der Waals surface area contributed by atoms with Crippen LogP contribution in [0.4, 0.5) is 0 Å². The third-order valence-corrected chi connectivity index (χ3v) is 6.53. The van der Waals surface area contributed by atoms with Crippen LogP contribution in [0.1, 0.15) is 40.0 Å². The van der Waals surface area contributed by atoms with Gasteiger partial charge in [0.25, 0.3) is 0 Å². The Bertz CT molecular complexity index is 528. The van der Waals surface area contributed by atoms with Crippen molar-refractivity contribution >= 4 is 33.0 Å². The highest BCUT2D eigenvalue weighted by atomic mass is 35.5. The summed E-state index contributed by atoms with van der Waals surface area (Å²) >= 11 is 6.81. The van der Waals surface area contributed by atoms with Gasteiger partial charge in [-0.2, -0.15) is 0 Å². The summed E-state index contributed by atoms with van der Waals surface area (Å²) in [5, 5.41) is 9.60. The van der Waals surface area contributed by atoms with Gasteiger partial charge >= 0.3 is 0 Å². The number of rotatable bonds is 9. The van der Waals surface area contributed by atoms with Crippen LogP contribution in [-0.4, -0.2) is 26.2 Å². The molecule has 1 heterocycles. The Kier molecular flexibility index (Phi) is 7.64. The predicted octanol–water partition coefficient (Wildman–Crippen LogP) is 3.50. The second kappa shape index (κ2) is 8.48. The molecule has 0 unspecified atom stereocenters. The molecule has 2 atom stereocenters. The van der Waals surface area contributed by atoms with Crippen LogP contribution in [0, 0.1) is 11.8 Å². The molecule has 0 aliphatic carbocycles. The zero-order valence-corrected chi connectivity index (χ0v) is 15.1. The van der Waals surface area contributed by atoms with Gasteiger partial charge in [-0.25, -0.2) is 13.1 Å². The van der Waals surface area contributed by atoms with Crippen molar-refractivity contribution < 1.29 is 13.5 Å². The molecule has 0 aliphatic heterocycles. The van der Waals surface area contributed by atoms with Crippen molar-refractivity contribution in [1.82, 2.24) is 4.72 Å². The van der Waals surface area contributed by atoms with Gasteiger partial charge in [-0.15, -0.1) is 11.3 Å². The Morgan fingerprint density at radius 1 is 1.38 bits per heavy atom. The maximum absolute atomic E-state index is 12.3. The van der Waals surface area contributed by atoms with Gasteiger partial charge in [-0.3, -0.25) is 0 Å². The van der Waals surface area contributed by atoms with Crippen molar-refractivity contribution in [2.24, 2.45) is 11.8 Å². The minimum Gasteiger partial charge on any atom is -0.395 e. The van der Waals surface area contributed by atoms with E-state index in [4.69, 9.17) is 11.6 Å². The summed E-state index contributed by atoms with van der Waals surface area (Å²) in [6.45, 7) is 6.07. The lowest BCUT2D eigenvalue weighted by Gasteiger charge is -2.27. The molecule has 0 spiro atoms. The van der Waals surface area contributed by atoms with E-state index >= 15 is 0 Å². The Hall–Kier alpha value is -0.140. The number of aliphatic hydroxyl groups is 1. The SMILES string of the molecule is CCC[C@@H](CC(C)C)[C@H](CO)NS(=O)(=O)c1ccc(Cl)s1. The van der Waals surface area contributed by atoms with Crippen LogP contribution in [0.2, 0.25) is 4.34 Å². The quantitative estimate of drug-likeness (QED) is 0.714. The van der Waals surface area contributed by atoms with Gasteiger partial charge in [0.2, 0.25) is 10.0 Å².